The van der Waals surface area contributed by atoms with Gasteiger partial charge in [-0.1, -0.05) is 29.3 Å². The predicted octanol–water partition coefficient (Wildman–Crippen LogP) is 4.67. The number of aryl methyl sites for hydroxylation is 1. The number of anilines is 1. The third kappa shape index (κ3) is 3.18. The van der Waals surface area contributed by atoms with Gasteiger partial charge < -0.3 is 10.4 Å². The first kappa shape index (κ1) is 13.7. The first-order valence-corrected chi connectivity index (χ1v) is 6.36. The highest BCUT2D eigenvalue weighted by molar-refractivity contribution is 6.30. The molecule has 1 atom stereocenters. The summed E-state index contributed by atoms with van der Waals surface area (Å²) in [5.41, 5.74) is 2.45. The molecule has 100 valence electrons. The summed E-state index contributed by atoms with van der Waals surface area (Å²) < 4.78 is 13.4. The molecule has 0 aliphatic rings. The summed E-state index contributed by atoms with van der Waals surface area (Å²) in [5.74, 6) is -0.243. The van der Waals surface area contributed by atoms with E-state index in [4.69, 9.17) is 11.6 Å². The molecule has 2 aromatic carbocycles. The van der Waals surface area contributed by atoms with Crippen molar-refractivity contribution >= 4 is 17.3 Å². The average Bonchev–Trinajstić information content (AvgIpc) is 2.36. The van der Waals surface area contributed by atoms with Crippen LogP contribution < -0.4 is 5.32 Å². The Hall–Kier alpha value is -1.74. The van der Waals surface area contributed by atoms with E-state index < -0.39 is 5.82 Å². The van der Waals surface area contributed by atoms with E-state index in [1.807, 2.05) is 26.0 Å². The molecule has 1 unspecified atom stereocenters. The topological polar surface area (TPSA) is 32.3 Å². The van der Waals surface area contributed by atoms with Crippen LogP contribution in [-0.2, 0) is 0 Å². The van der Waals surface area contributed by atoms with Gasteiger partial charge in [0, 0.05) is 11.3 Å². The molecule has 0 heterocycles. The van der Waals surface area contributed by atoms with Gasteiger partial charge in [-0.3, -0.25) is 0 Å². The van der Waals surface area contributed by atoms with Crippen molar-refractivity contribution in [3.05, 3.63) is 58.4 Å². The molecule has 2 nitrogen and oxygen atoms in total. The highest BCUT2D eigenvalue weighted by Crippen LogP contribution is 2.28. The zero-order valence-corrected chi connectivity index (χ0v) is 11.5. The van der Waals surface area contributed by atoms with Crippen molar-refractivity contribution < 1.29 is 9.50 Å². The van der Waals surface area contributed by atoms with E-state index in [-0.39, 0.29) is 16.8 Å². The molecule has 0 fully saturated rings. The molecule has 4 heteroatoms. The van der Waals surface area contributed by atoms with Gasteiger partial charge in [0.15, 0.2) is 0 Å². The molecule has 0 aliphatic heterocycles. The SMILES string of the molecule is Cc1ccc(O)c(C(C)Nc2ccc(Cl)c(F)c2)c1. The summed E-state index contributed by atoms with van der Waals surface area (Å²) >= 11 is 5.64. The van der Waals surface area contributed by atoms with Crippen molar-refractivity contribution in [2.45, 2.75) is 19.9 Å². The smallest absolute Gasteiger partial charge is 0.143 e. The summed E-state index contributed by atoms with van der Waals surface area (Å²) in [7, 11) is 0. The molecular weight excluding hydrogens is 265 g/mol. The fourth-order valence-electron chi connectivity index (χ4n) is 1.93. The Balaban J connectivity index is 2.22. The number of rotatable bonds is 3. The Morgan fingerprint density at radius 2 is 1.95 bits per heavy atom. The van der Waals surface area contributed by atoms with Crippen LogP contribution in [0.25, 0.3) is 0 Å². The summed E-state index contributed by atoms with van der Waals surface area (Å²) in [6, 6.07) is 9.81. The molecule has 2 N–H and O–H groups in total. The molecular formula is C15H15ClFNO. The molecule has 0 bridgehead atoms. The van der Waals surface area contributed by atoms with E-state index in [9.17, 15) is 9.50 Å². The molecule has 0 radical (unpaired) electrons. The first-order chi connectivity index (χ1) is 8.97. The minimum Gasteiger partial charge on any atom is -0.508 e. The second kappa shape index (κ2) is 5.49. The van der Waals surface area contributed by atoms with E-state index in [2.05, 4.69) is 5.32 Å². The van der Waals surface area contributed by atoms with Crippen molar-refractivity contribution in [2.75, 3.05) is 5.32 Å². The Morgan fingerprint density at radius 1 is 1.21 bits per heavy atom. The third-order valence-corrected chi connectivity index (χ3v) is 3.26. The molecule has 19 heavy (non-hydrogen) atoms. The lowest BCUT2D eigenvalue weighted by Crippen LogP contribution is -2.07. The van der Waals surface area contributed by atoms with E-state index in [1.54, 1.807) is 12.1 Å². The number of aromatic hydroxyl groups is 1. The maximum atomic E-state index is 13.4. The van der Waals surface area contributed by atoms with Gasteiger partial charge in [0.25, 0.3) is 0 Å². The molecule has 0 spiro atoms. The number of hydrogen-bond acceptors (Lipinski definition) is 2. The summed E-state index contributed by atoms with van der Waals surface area (Å²) in [5, 5.41) is 13.1. The van der Waals surface area contributed by atoms with Crippen LogP contribution in [0, 0.1) is 12.7 Å². The lowest BCUT2D eigenvalue weighted by atomic mass is 10.0. The molecule has 0 saturated heterocycles. The number of phenolic OH excluding ortho intramolecular Hbond substituents is 1. The van der Waals surface area contributed by atoms with Crippen molar-refractivity contribution in [3.63, 3.8) is 0 Å². The van der Waals surface area contributed by atoms with Crippen molar-refractivity contribution in [1.29, 1.82) is 0 Å². The van der Waals surface area contributed by atoms with Crippen LogP contribution in [0.3, 0.4) is 0 Å². The molecule has 0 aliphatic carbocycles. The van der Waals surface area contributed by atoms with E-state index in [0.717, 1.165) is 11.1 Å². The number of phenols is 1. The zero-order chi connectivity index (χ0) is 14.0. The van der Waals surface area contributed by atoms with Gasteiger partial charge in [0.2, 0.25) is 0 Å². The molecule has 0 saturated carbocycles. The van der Waals surface area contributed by atoms with Crippen molar-refractivity contribution in [3.8, 4) is 5.75 Å². The number of nitrogens with one attached hydrogen (secondary N) is 1. The average molecular weight is 280 g/mol. The number of benzene rings is 2. The second-order valence-corrected chi connectivity index (χ2v) is 4.96. The van der Waals surface area contributed by atoms with Crippen LogP contribution >= 0.6 is 11.6 Å². The van der Waals surface area contributed by atoms with Crippen molar-refractivity contribution in [2.24, 2.45) is 0 Å². The highest BCUT2D eigenvalue weighted by Gasteiger charge is 2.11. The summed E-state index contributed by atoms with van der Waals surface area (Å²) in [4.78, 5) is 0. The van der Waals surface area contributed by atoms with Gasteiger partial charge in [-0.2, -0.15) is 0 Å². The fraction of sp³-hybridized carbons (Fsp3) is 0.200. The third-order valence-electron chi connectivity index (χ3n) is 2.95. The number of halogens is 2. The van der Waals surface area contributed by atoms with Gasteiger partial charge in [0.1, 0.15) is 11.6 Å². The predicted molar refractivity (Wildman–Crippen MR) is 76.3 cm³/mol. The lowest BCUT2D eigenvalue weighted by molar-refractivity contribution is 0.465. The highest BCUT2D eigenvalue weighted by atomic mass is 35.5. The van der Waals surface area contributed by atoms with Gasteiger partial charge in [-0.15, -0.1) is 0 Å². The van der Waals surface area contributed by atoms with Crippen LogP contribution in [0.2, 0.25) is 5.02 Å². The van der Waals surface area contributed by atoms with Crippen LogP contribution in [0.5, 0.6) is 5.75 Å². The Labute approximate surface area is 116 Å². The Bertz CT molecular complexity index is 601. The quantitative estimate of drug-likeness (QED) is 0.856. The Morgan fingerprint density at radius 3 is 2.63 bits per heavy atom. The lowest BCUT2D eigenvalue weighted by Gasteiger charge is -2.17. The minimum atomic E-state index is -0.465. The van der Waals surface area contributed by atoms with Crippen LogP contribution in [-0.4, -0.2) is 5.11 Å². The molecule has 0 aromatic heterocycles. The molecule has 0 amide bonds. The van der Waals surface area contributed by atoms with E-state index in [0.29, 0.717) is 5.69 Å². The van der Waals surface area contributed by atoms with Crippen LogP contribution in [0.1, 0.15) is 24.1 Å². The van der Waals surface area contributed by atoms with Gasteiger partial charge in [-0.05, 0) is 38.1 Å². The monoisotopic (exact) mass is 279 g/mol. The minimum absolute atomic E-state index is 0.0941. The molecule has 2 aromatic rings. The van der Waals surface area contributed by atoms with Crippen LogP contribution in [0.4, 0.5) is 10.1 Å². The zero-order valence-electron chi connectivity index (χ0n) is 10.7. The van der Waals surface area contributed by atoms with Crippen molar-refractivity contribution in [1.82, 2.24) is 0 Å². The molecule has 2 rings (SSSR count). The number of hydrogen-bond donors (Lipinski definition) is 2. The normalized spacial score (nSPS) is 12.2. The maximum absolute atomic E-state index is 13.4. The van der Waals surface area contributed by atoms with E-state index >= 15 is 0 Å². The second-order valence-electron chi connectivity index (χ2n) is 4.56. The van der Waals surface area contributed by atoms with Gasteiger partial charge in [0.05, 0.1) is 11.1 Å². The fourth-order valence-corrected chi connectivity index (χ4v) is 2.05. The van der Waals surface area contributed by atoms with Gasteiger partial charge in [-0.25, -0.2) is 4.39 Å². The first-order valence-electron chi connectivity index (χ1n) is 5.98. The summed E-state index contributed by atoms with van der Waals surface area (Å²) in [6.45, 7) is 3.86. The van der Waals surface area contributed by atoms with Crippen LogP contribution in [0.15, 0.2) is 36.4 Å². The maximum Gasteiger partial charge on any atom is 0.143 e. The largest absolute Gasteiger partial charge is 0.508 e. The van der Waals surface area contributed by atoms with E-state index in [1.165, 1.54) is 12.1 Å². The summed E-state index contributed by atoms with van der Waals surface area (Å²) in [6.07, 6.45) is 0. The Kier molecular flexibility index (Phi) is 3.96. The van der Waals surface area contributed by atoms with Gasteiger partial charge >= 0.3 is 0 Å². The standard InChI is InChI=1S/C15H15ClFNO/c1-9-3-6-15(19)12(7-9)10(2)18-11-4-5-13(16)14(17)8-11/h3-8,10,18-19H,1-2H3.